The Kier molecular flexibility index (Phi) is 3.96. The molecule has 0 radical (unpaired) electrons. The summed E-state index contributed by atoms with van der Waals surface area (Å²) in [5, 5.41) is 13.1. The largest absolute Gasteiger partial charge is 0.411 e. The van der Waals surface area contributed by atoms with Gasteiger partial charge in [0.2, 0.25) is 0 Å². The topological polar surface area (TPSA) is 49.7 Å². The summed E-state index contributed by atoms with van der Waals surface area (Å²) in [4.78, 5) is 0. The Morgan fingerprint density at radius 2 is 1.39 bits per heavy atom. The number of hydrogen-bond donors (Lipinski definition) is 1. The van der Waals surface area contributed by atoms with E-state index in [1.165, 1.54) is 6.21 Å². The van der Waals surface area contributed by atoms with E-state index in [-0.39, 0.29) is 6.16 Å². The molecule has 0 fully saturated rings. The third kappa shape index (κ3) is 2.52. The van der Waals surface area contributed by atoms with Crippen molar-refractivity contribution in [2.24, 2.45) is 5.16 Å². The number of hydrogen-bond acceptors (Lipinski definition) is 3. The normalized spacial score (nSPS) is 11.8. The van der Waals surface area contributed by atoms with Crippen LogP contribution in [0.5, 0.6) is 0 Å². The second-order valence-electron chi connectivity index (χ2n) is 3.89. The van der Waals surface area contributed by atoms with Gasteiger partial charge in [0.05, 0.1) is 6.21 Å². The van der Waals surface area contributed by atoms with Crippen molar-refractivity contribution in [1.29, 1.82) is 0 Å². The van der Waals surface area contributed by atoms with E-state index in [1.54, 1.807) is 0 Å². The van der Waals surface area contributed by atoms with E-state index >= 15 is 0 Å². The molecule has 4 heteroatoms. The Balaban J connectivity index is 2.52. The minimum atomic E-state index is -2.75. The summed E-state index contributed by atoms with van der Waals surface area (Å²) >= 11 is 0. The van der Waals surface area contributed by atoms with Crippen LogP contribution in [0.2, 0.25) is 0 Å². The minimum Gasteiger partial charge on any atom is -0.411 e. The molecule has 0 amide bonds. The van der Waals surface area contributed by atoms with Crippen LogP contribution in [-0.4, -0.2) is 17.6 Å². The van der Waals surface area contributed by atoms with E-state index in [4.69, 9.17) is 5.21 Å². The zero-order valence-electron chi connectivity index (χ0n) is 9.81. The van der Waals surface area contributed by atoms with Crippen LogP contribution >= 0.6 is 7.14 Å². The van der Waals surface area contributed by atoms with Crippen LogP contribution in [0.4, 0.5) is 0 Å². The molecule has 0 unspecified atom stereocenters. The lowest BCUT2D eigenvalue weighted by Gasteiger charge is -2.16. The van der Waals surface area contributed by atoms with E-state index in [0.29, 0.717) is 0 Å². The first-order valence-electron chi connectivity index (χ1n) is 5.63. The van der Waals surface area contributed by atoms with Gasteiger partial charge in [-0.3, -0.25) is 0 Å². The van der Waals surface area contributed by atoms with Crippen LogP contribution in [0, 0.1) is 0 Å². The van der Waals surface area contributed by atoms with Crippen molar-refractivity contribution >= 4 is 24.0 Å². The molecular weight excluding hydrogens is 245 g/mol. The lowest BCUT2D eigenvalue weighted by atomic mass is 10.4. The Labute approximate surface area is 106 Å². The highest BCUT2D eigenvalue weighted by Crippen LogP contribution is 2.42. The average molecular weight is 259 g/mol. The van der Waals surface area contributed by atoms with Crippen molar-refractivity contribution in [2.45, 2.75) is 0 Å². The van der Waals surface area contributed by atoms with Gasteiger partial charge < -0.3 is 9.77 Å². The van der Waals surface area contributed by atoms with Gasteiger partial charge >= 0.3 is 0 Å². The fourth-order valence-electron chi connectivity index (χ4n) is 1.85. The molecule has 0 bridgehead atoms. The molecule has 0 aliphatic carbocycles. The smallest absolute Gasteiger partial charge is 0.148 e. The highest BCUT2D eigenvalue weighted by atomic mass is 31.2. The molecular formula is C14H14NO2P. The fourth-order valence-corrected chi connectivity index (χ4v) is 4.18. The SMILES string of the molecule is O=P(C/C=N\O)(c1ccccc1)c1ccccc1. The third-order valence-electron chi connectivity index (χ3n) is 2.77. The number of rotatable bonds is 4. The summed E-state index contributed by atoms with van der Waals surface area (Å²) in [6, 6.07) is 18.6. The van der Waals surface area contributed by atoms with Gasteiger partial charge in [0, 0.05) is 16.8 Å². The van der Waals surface area contributed by atoms with E-state index in [2.05, 4.69) is 5.16 Å². The van der Waals surface area contributed by atoms with Crippen LogP contribution < -0.4 is 10.6 Å². The summed E-state index contributed by atoms with van der Waals surface area (Å²) in [6.45, 7) is 0. The van der Waals surface area contributed by atoms with Gasteiger partial charge in [0.15, 0.2) is 0 Å². The predicted octanol–water partition coefficient (Wildman–Crippen LogP) is 2.46. The lowest BCUT2D eigenvalue weighted by molar-refractivity contribution is 0.321. The molecule has 0 saturated carbocycles. The molecule has 3 nitrogen and oxygen atoms in total. The second-order valence-corrected chi connectivity index (χ2v) is 6.77. The molecule has 0 atom stereocenters. The molecule has 18 heavy (non-hydrogen) atoms. The molecule has 0 aliphatic rings. The van der Waals surface area contributed by atoms with Crippen molar-refractivity contribution in [1.82, 2.24) is 0 Å². The van der Waals surface area contributed by atoms with Crippen molar-refractivity contribution in [3.63, 3.8) is 0 Å². The first-order valence-corrected chi connectivity index (χ1v) is 7.53. The standard InChI is InChI=1S/C14H14NO2P/c16-15-11-12-18(17,13-7-3-1-4-8-13)14-9-5-2-6-10-14/h1-11,16H,12H2/b15-11-. The van der Waals surface area contributed by atoms with E-state index < -0.39 is 7.14 Å². The van der Waals surface area contributed by atoms with E-state index in [0.717, 1.165) is 10.6 Å². The van der Waals surface area contributed by atoms with Crippen LogP contribution in [-0.2, 0) is 4.57 Å². The first-order chi connectivity index (χ1) is 8.77. The summed E-state index contributed by atoms with van der Waals surface area (Å²) < 4.78 is 13.2. The van der Waals surface area contributed by atoms with Crippen molar-refractivity contribution in [2.75, 3.05) is 6.16 Å². The number of oxime groups is 1. The molecule has 0 saturated heterocycles. The van der Waals surface area contributed by atoms with E-state index in [1.807, 2.05) is 60.7 Å². The zero-order chi connectivity index (χ0) is 12.8. The lowest BCUT2D eigenvalue weighted by Crippen LogP contribution is -2.18. The Hall–Kier alpha value is -1.86. The third-order valence-corrected chi connectivity index (χ3v) is 5.71. The monoisotopic (exact) mass is 259 g/mol. The van der Waals surface area contributed by atoms with Gasteiger partial charge in [-0.2, -0.15) is 0 Å². The molecule has 0 spiro atoms. The summed E-state index contributed by atoms with van der Waals surface area (Å²) in [5.41, 5.74) is 0. The van der Waals surface area contributed by atoms with Gasteiger partial charge in [-0.15, -0.1) is 5.16 Å². The summed E-state index contributed by atoms with van der Waals surface area (Å²) in [7, 11) is -2.75. The molecule has 0 aromatic heterocycles. The highest BCUT2D eigenvalue weighted by Gasteiger charge is 2.25. The number of nitrogens with zero attached hydrogens (tertiary/aromatic N) is 1. The van der Waals surface area contributed by atoms with Crippen molar-refractivity contribution < 1.29 is 9.77 Å². The van der Waals surface area contributed by atoms with E-state index in [9.17, 15) is 4.57 Å². The van der Waals surface area contributed by atoms with Crippen LogP contribution in [0.1, 0.15) is 0 Å². The van der Waals surface area contributed by atoms with Gasteiger partial charge in [-0.25, -0.2) is 0 Å². The zero-order valence-corrected chi connectivity index (χ0v) is 10.7. The van der Waals surface area contributed by atoms with Gasteiger partial charge in [-0.05, 0) is 0 Å². The average Bonchev–Trinajstić information content (AvgIpc) is 2.46. The Bertz CT molecular complexity index is 523. The predicted molar refractivity (Wildman–Crippen MR) is 74.9 cm³/mol. The van der Waals surface area contributed by atoms with Crippen LogP contribution in [0.3, 0.4) is 0 Å². The van der Waals surface area contributed by atoms with Gasteiger partial charge in [-0.1, -0.05) is 60.7 Å². The van der Waals surface area contributed by atoms with Crippen molar-refractivity contribution in [3.8, 4) is 0 Å². The molecule has 0 heterocycles. The van der Waals surface area contributed by atoms with Crippen molar-refractivity contribution in [3.05, 3.63) is 60.7 Å². The van der Waals surface area contributed by atoms with Crippen LogP contribution in [0.15, 0.2) is 65.8 Å². The Morgan fingerprint density at radius 3 is 1.78 bits per heavy atom. The fraction of sp³-hybridized carbons (Fsp3) is 0.0714. The molecule has 2 aromatic rings. The molecule has 1 N–H and O–H groups in total. The summed E-state index contributed by atoms with van der Waals surface area (Å²) in [6.07, 6.45) is 1.51. The number of benzene rings is 2. The molecule has 92 valence electrons. The van der Waals surface area contributed by atoms with Gasteiger partial charge in [0.1, 0.15) is 7.14 Å². The minimum absolute atomic E-state index is 0.220. The second kappa shape index (κ2) is 5.65. The molecule has 2 aromatic carbocycles. The highest BCUT2D eigenvalue weighted by molar-refractivity contribution is 7.79. The molecule has 2 rings (SSSR count). The molecule has 0 aliphatic heterocycles. The first kappa shape index (κ1) is 12.6. The summed E-state index contributed by atoms with van der Waals surface area (Å²) in [5.74, 6) is 0. The quantitative estimate of drug-likeness (QED) is 0.397. The maximum atomic E-state index is 13.2. The maximum Gasteiger partial charge on any atom is 0.148 e. The Morgan fingerprint density at radius 1 is 0.944 bits per heavy atom. The maximum absolute atomic E-state index is 13.2. The van der Waals surface area contributed by atoms with Crippen LogP contribution in [0.25, 0.3) is 0 Å². The van der Waals surface area contributed by atoms with Gasteiger partial charge in [0.25, 0.3) is 0 Å².